The van der Waals surface area contributed by atoms with Crippen LogP contribution in [0, 0.1) is 0 Å². The van der Waals surface area contributed by atoms with Crippen LogP contribution in [0.15, 0.2) is 41.4 Å². The van der Waals surface area contributed by atoms with Gasteiger partial charge < -0.3 is 14.8 Å². The molecule has 0 unspecified atom stereocenters. The molecule has 0 spiro atoms. The van der Waals surface area contributed by atoms with Gasteiger partial charge in [0.25, 0.3) is 5.91 Å². The SMILES string of the molecule is CCOc1ccc(S(=O)(=O)N2CCCCC2)cc1NC(=O)c1ccc(C(=O)OC)cn1. The van der Waals surface area contributed by atoms with Crippen LogP contribution in [0.2, 0.25) is 0 Å². The number of carbonyl (C=O) groups is 2. The predicted octanol–water partition coefficient (Wildman–Crippen LogP) is 2.69. The standard InChI is InChI=1S/C21H25N3O6S/c1-3-30-19-10-8-16(31(27,28)24-11-5-4-6-12-24)13-18(19)23-20(25)17-9-7-15(14-22-17)21(26)29-2/h7-10,13-14H,3-6,11-12H2,1-2H3,(H,23,25). The molecule has 2 heterocycles. The molecule has 0 atom stereocenters. The third-order valence-corrected chi connectivity index (χ3v) is 6.76. The summed E-state index contributed by atoms with van der Waals surface area (Å²) in [6.07, 6.45) is 3.90. The van der Waals surface area contributed by atoms with E-state index in [9.17, 15) is 18.0 Å². The molecule has 2 aromatic rings. The van der Waals surface area contributed by atoms with Crippen LogP contribution < -0.4 is 10.1 Å². The summed E-state index contributed by atoms with van der Waals surface area (Å²) in [6.45, 7) is 3.09. The lowest BCUT2D eigenvalue weighted by Gasteiger charge is -2.26. The number of hydrogen-bond acceptors (Lipinski definition) is 7. The summed E-state index contributed by atoms with van der Waals surface area (Å²) in [5, 5.41) is 2.66. The number of sulfonamides is 1. The maximum absolute atomic E-state index is 13.0. The third kappa shape index (κ3) is 5.20. The zero-order valence-electron chi connectivity index (χ0n) is 17.5. The summed E-state index contributed by atoms with van der Waals surface area (Å²) in [5.41, 5.74) is 0.492. The Bertz CT molecular complexity index is 1050. The van der Waals surface area contributed by atoms with Gasteiger partial charge in [-0.2, -0.15) is 4.31 Å². The Hall–Kier alpha value is -2.98. The van der Waals surface area contributed by atoms with Gasteiger partial charge >= 0.3 is 5.97 Å². The van der Waals surface area contributed by atoms with Crippen LogP contribution in [-0.4, -0.2) is 56.4 Å². The van der Waals surface area contributed by atoms with Gasteiger partial charge in [0.05, 0.1) is 29.9 Å². The molecule has 1 fully saturated rings. The van der Waals surface area contributed by atoms with Crippen molar-refractivity contribution in [3.8, 4) is 5.75 Å². The average molecular weight is 448 g/mol. The van der Waals surface area contributed by atoms with Crippen LogP contribution in [-0.2, 0) is 14.8 Å². The van der Waals surface area contributed by atoms with Crippen molar-refractivity contribution in [3.05, 3.63) is 47.8 Å². The Balaban J connectivity index is 1.87. The molecule has 0 bridgehead atoms. The van der Waals surface area contributed by atoms with Gasteiger partial charge in [0.1, 0.15) is 11.4 Å². The van der Waals surface area contributed by atoms with Crippen LogP contribution in [0.1, 0.15) is 47.0 Å². The molecule has 10 heteroatoms. The fourth-order valence-electron chi connectivity index (χ4n) is 3.26. The second kappa shape index (κ2) is 9.88. The largest absolute Gasteiger partial charge is 0.492 e. The molecule has 0 aliphatic carbocycles. The fourth-order valence-corrected chi connectivity index (χ4v) is 4.80. The van der Waals surface area contributed by atoms with E-state index in [1.165, 1.54) is 47.9 Å². The zero-order valence-corrected chi connectivity index (χ0v) is 18.3. The molecule has 3 rings (SSSR count). The van der Waals surface area contributed by atoms with Crippen LogP contribution in [0.25, 0.3) is 0 Å². The smallest absolute Gasteiger partial charge is 0.339 e. The van der Waals surface area contributed by atoms with Crippen LogP contribution in [0.4, 0.5) is 5.69 Å². The Morgan fingerprint density at radius 3 is 2.48 bits per heavy atom. The number of amides is 1. The molecule has 31 heavy (non-hydrogen) atoms. The van der Waals surface area contributed by atoms with Crippen molar-refractivity contribution >= 4 is 27.6 Å². The molecule has 166 valence electrons. The molecule has 1 saturated heterocycles. The van der Waals surface area contributed by atoms with Crippen LogP contribution >= 0.6 is 0 Å². The maximum atomic E-state index is 13.0. The Morgan fingerprint density at radius 2 is 1.87 bits per heavy atom. The number of aromatic nitrogens is 1. The van der Waals surface area contributed by atoms with E-state index in [1.807, 2.05) is 0 Å². The van der Waals surface area contributed by atoms with E-state index in [1.54, 1.807) is 6.92 Å². The number of esters is 1. The molecule has 1 aromatic heterocycles. The van der Waals surface area contributed by atoms with Gasteiger partial charge in [0, 0.05) is 19.3 Å². The summed E-state index contributed by atoms with van der Waals surface area (Å²) in [5.74, 6) is -0.779. The molecule has 0 saturated carbocycles. The topological polar surface area (TPSA) is 115 Å². The van der Waals surface area contributed by atoms with E-state index in [0.717, 1.165) is 19.3 Å². The van der Waals surface area contributed by atoms with Crippen molar-refractivity contribution in [1.82, 2.24) is 9.29 Å². The number of benzene rings is 1. The second-order valence-corrected chi connectivity index (χ2v) is 8.87. The molecule has 1 N–H and O–H groups in total. The third-order valence-electron chi connectivity index (χ3n) is 4.87. The number of ether oxygens (including phenoxy) is 2. The average Bonchev–Trinajstić information content (AvgIpc) is 2.80. The van der Waals surface area contributed by atoms with E-state index >= 15 is 0 Å². The first-order valence-corrected chi connectivity index (χ1v) is 11.4. The number of rotatable bonds is 7. The maximum Gasteiger partial charge on any atom is 0.339 e. The molecule has 1 amide bonds. The molecule has 1 aliphatic heterocycles. The lowest BCUT2D eigenvalue weighted by Crippen LogP contribution is -2.35. The summed E-state index contributed by atoms with van der Waals surface area (Å²) >= 11 is 0. The molecule has 9 nitrogen and oxygen atoms in total. The zero-order chi connectivity index (χ0) is 22.4. The number of piperidine rings is 1. The first kappa shape index (κ1) is 22.7. The van der Waals surface area contributed by atoms with Gasteiger partial charge in [0.15, 0.2) is 0 Å². The number of carbonyl (C=O) groups excluding carboxylic acids is 2. The normalized spacial score (nSPS) is 14.6. The van der Waals surface area contributed by atoms with Crippen molar-refractivity contribution in [1.29, 1.82) is 0 Å². The van der Waals surface area contributed by atoms with E-state index in [2.05, 4.69) is 15.0 Å². The van der Waals surface area contributed by atoms with Crippen LogP contribution in [0.5, 0.6) is 5.75 Å². The second-order valence-electron chi connectivity index (χ2n) is 6.93. The van der Waals surface area contributed by atoms with Crippen molar-refractivity contribution in [2.75, 3.05) is 32.1 Å². The molecular formula is C21H25N3O6S. The van der Waals surface area contributed by atoms with E-state index < -0.39 is 21.9 Å². The summed E-state index contributed by atoms with van der Waals surface area (Å²) < 4.78 is 37.6. The number of hydrogen-bond donors (Lipinski definition) is 1. The molecule has 1 aromatic carbocycles. The summed E-state index contributed by atoms with van der Waals surface area (Å²) in [6, 6.07) is 7.22. The number of pyridine rings is 1. The first-order valence-electron chi connectivity index (χ1n) is 9.99. The highest BCUT2D eigenvalue weighted by molar-refractivity contribution is 7.89. The summed E-state index contributed by atoms with van der Waals surface area (Å²) in [7, 11) is -2.42. The minimum atomic E-state index is -3.68. The monoisotopic (exact) mass is 447 g/mol. The number of nitrogens with zero attached hydrogens (tertiary/aromatic N) is 2. The fraction of sp³-hybridized carbons (Fsp3) is 0.381. The highest BCUT2D eigenvalue weighted by atomic mass is 32.2. The van der Waals surface area contributed by atoms with Gasteiger partial charge in [-0.25, -0.2) is 13.2 Å². The van der Waals surface area contributed by atoms with E-state index in [-0.39, 0.29) is 21.8 Å². The van der Waals surface area contributed by atoms with Crippen molar-refractivity contribution in [2.45, 2.75) is 31.1 Å². The summed E-state index contributed by atoms with van der Waals surface area (Å²) in [4.78, 5) is 28.3. The Kier molecular flexibility index (Phi) is 7.24. The minimum absolute atomic E-state index is 0.0550. The first-order chi connectivity index (χ1) is 14.9. The lowest BCUT2D eigenvalue weighted by molar-refractivity contribution is 0.0600. The van der Waals surface area contributed by atoms with Gasteiger partial charge in [-0.3, -0.25) is 9.78 Å². The predicted molar refractivity (Wildman–Crippen MR) is 114 cm³/mol. The number of methoxy groups -OCH3 is 1. The minimum Gasteiger partial charge on any atom is -0.492 e. The highest BCUT2D eigenvalue weighted by Gasteiger charge is 2.27. The van der Waals surface area contributed by atoms with Crippen molar-refractivity contribution in [3.63, 3.8) is 0 Å². The molecule has 1 aliphatic rings. The quantitative estimate of drug-likeness (QED) is 0.649. The van der Waals surface area contributed by atoms with Crippen molar-refractivity contribution < 1.29 is 27.5 Å². The number of nitrogens with one attached hydrogen (secondary N) is 1. The molecule has 0 radical (unpaired) electrons. The highest BCUT2D eigenvalue weighted by Crippen LogP contribution is 2.30. The van der Waals surface area contributed by atoms with Gasteiger partial charge in [-0.1, -0.05) is 6.42 Å². The van der Waals surface area contributed by atoms with Gasteiger partial charge in [0.2, 0.25) is 10.0 Å². The van der Waals surface area contributed by atoms with Gasteiger partial charge in [-0.05, 0) is 50.1 Å². The van der Waals surface area contributed by atoms with Gasteiger partial charge in [-0.15, -0.1) is 0 Å². The Morgan fingerprint density at radius 1 is 1.13 bits per heavy atom. The molecular weight excluding hydrogens is 422 g/mol. The van der Waals surface area contributed by atoms with E-state index in [0.29, 0.717) is 25.4 Å². The lowest BCUT2D eigenvalue weighted by atomic mass is 10.2. The van der Waals surface area contributed by atoms with E-state index in [4.69, 9.17) is 4.74 Å². The van der Waals surface area contributed by atoms with Crippen LogP contribution in [0.3, 0.4) is 0 Å². The number of anilines is 1. The Labute approximate surface area is 181 Å². The van der Waals surface area contributed by atoms with Crippen molar-refractivity contribution in [2.24, 2.45) is 0 Å².